The SMILES string of the molecule is CC(C)(C)N=P(=N\[Si](C)(C)C)/N1C(C)(C)CCCC1(C)C. The van der Waals surface area contributed by atoms with Crippen LogP contribution in [-0.4, -0.2) is 29.5 Å². The molecule has 5 heteroatoms. The Morgan fingerprint density at radius 2 is 1.38 bits per heavy atom. The number of nitrogens with zero attached hydrogens (tertiary/aromatic N) is 3. The van der Waals surface area contributed by atoms with Crippen LogP contribution in [0.3, 0.4) is 0 Å². The molecule has 0 amide bonds. The molecule has 1 fully saturated rings. The normalized spacial score (nSPS) is 24.4. The molecule has 1 aliphatic heterocycles. The fraction of sp³-hybridized carbons (Fsp3) is 1.00. The summed E-state index contributed by atoms with van der Waals surface area (Å²) in [5.74, 6) is 0. The van der Waals surface area contributed by atoms with Crippen LogP contribution in [0.4, 0.5) is 0 Å². The van der Waals surface area contributed by atoms with Gasteiger partial charge in [-0.3, -0.25) is 4.41 Å². The van der Waals surface area contributed by atoms with Gasteiger partial charge in [-0.25, -0.2) is 9.42 Å². The van der Waals surface area contributed by atoms with Crippen LogP contribution in [0.2, 0.25) is 19.6 Å². The largest absolute Gasteiger partial charge is 0.283 e. The topological polar surface area (TPSA) is 28.0 Å². The van der Waals surface area contributed by atoms with Gasteiger partial charge < -0.3 is 0 Å². The molecule has 21 heavy (non-hydrogen) atoms. The lowest BCUT2D eigenvalue weighted by Gasteiger charge is -2.51. The lowest BCUT2D eigenvalue weighted by atomic mass is 9.83. The molecule has 0 bridgehead atoms. The molecule has 124 valence electrons. The first-order valence-electron chi connectivity index (χ1n) is 8.20. The first-order chi connectivity index (χ1) is 9.14. The highest BCUT2D eigenvalue weighted by Crippen LogP contribution is 2.48. The van der Waals surface area contributed by atoms with Gasteiger partial charge in [0.05, 0.1) is 5.54 Å². The molecule has 0 aromatic rings. The predicted molar refractivity (Wildman–Crippen MR) is 98.7 cm³/mol. The van der Waals surface area contributed by atoms with Crippen molar-refractivity contribution in [1.82, 2.24) is 4.67 Å². The van der Waals surface area contributed by atoms with E-state index >= 15 is 0 Å². The molecule has 1 atom stereocenters. The van der Waals surface area contributed by atoms with E-state index < -0.39 is 15.9 Å². The Kier molecular flexibility index (Phi) is 5.41. The number of piperidine rings is 1. The molecule has 0 radical (unpaired) electrons. The summed E-state index contributed by atoms with van der Waals surface area (Å²) in [5.41, 5.74) is 0.342. The molecule has 0 spiro atoms. The lowest BCUT2D eigenvalue weighted by Crippen LogP contribution is -2.54. The number of hydrogen-bond donors (Lipinski definition) is 0. The molecule has 1 aliphatic rings. The first-order valence-corrected chi connectivity index (χ1v) is 12.8. The Bertz CT molecular complexity index is 423. The standard InChI is InChI=1S/C16H36N3PSi/c1-14(2,3)17-20(18-21(8,9)10)19-15(4,5)12-11-13-16(19,6)7/h11-13H2,1-10H3. The van der Waals surface area contributed by atoms with Crippen LogP contribution < -0.4 is 0 Å². The Morgan fingerprint density at radius 1 is 0.952 bits per heavy atom. The van der Waals surface area contributed by atoms with Crippen molar-refractivity contribution < 1.29 is 0 Å². The number of rotatable bonds is 2. The van der Waals surface area contributed by atoms with Gasteiger partial charge in [0, 0.05) is 11.1 Å². The van der Waals surface area contributed by atoms with E-state index in [2.05, 4.69) is 72.8 Å². The third-order valence-electron chi connectivity index (χ3n) is 3.68. The summed E-state index contributed by atoms with van der Waals surface area (Å²) in [5, 5.41) is 0. The minimum atomic E-state index is -1.51. The van der Waals surface area contributed by atoms with Crippen molar-refractivity contribution in [1.29, 1.82) is 0 Å². The van der Waals surface area contributed by atoms with Crippen LogP contribution in [-0.2, 0) is 0 Å². The third-order valence-corrected chi connectivity index (χ3v) is 9.02. The van der Waals surface area contributed by atoms with Crippen molar-refractivity contribution in [2.75, 3.05) is 0 Å². The highest BCUT2D eigenvalue weighted by molar-refractivity contribution is 7.36. The van der Waals surface area contributed by atoms with E-state index in [4.69, 9.17) is 9.16 Å². The van der Waals surface area contributed by atoms with Gasteiger partial charge in [-0.2, -0.15) is 0 Å². The van der Waals surface area contributed by atoms with Gasteiger partial charge in [-0.1, -0.05) is 0 Å². The van der Waals surface area contributed by atoms with Crippen molar-refractivity contribution in [2.24, 2.45) is 9.16 Å². The first kappa shape index (κ1) is 19.1. The molecule has 0 aromatic heterocycles. The van der Waals surface area contributed by atoms with Crippen LogP contribution in [0, 0.1) is 0 Å². The highest BCUT2D eigenvalue weighted by Gasteiger charge is 2.43. The summed E-state index contributed by atoms with van der Waals surface area (Å²) < 4.78 is 13.1. The van der Waals surface area contributed by atoms with Gasteiger partial charge in [0.25, 0.3) is 0 Å². The minimum Gasteiger partial charge on any atom is -0.283 e. The van der Waals surface area contributed by atoms with Crippen LogP contribution in [0.15, 0.2) is 9.16 Å². The molecular formula is C16H36N3PSi. The van der Waals surface area contributed by atoms with E-state index in [1.165, 1.54) is 19.3 Å². The Hall–Kier alpha value is 0.0769. The van der Waals surface area contributed by atoms with E-state index in [9.17, 15) is 0 Å². The van der Waals surface area contributed by atoms with Crippen LogP contribution >= 0.6 is 7.66 Å². The zero-order valence-electron chi connectivity index (χ0n) is 15.9. The zero-order chi connectivity index (χ0) is 16.7. The van der Waals surface area contributed by atoms with Gasteiger partial charge in [0.15, 0.2) is 8.24 Å². The quantitative estimate of drug-likeness (QED) is 0.424. The molecule has 1 heterocycles. The monoisotopic (exact) mass is 329 g/mol. The maximum absolute atomic E-state index is 5.27. The van der Waals surface area contributed by atoms with Crippen molar-refractivity contribution in [3.63, 3.8) is 0 Å². The molecule has 1 saturated heterocycles. The van der Waals surface area contributed by atoms with Crippen LogP contribution in [0.1, 0.15) is 67.7 Å². The number of hydrogen-bond acceptors (Lipinski definition) is 2. The molecule has 3 nitrogen and oxygen atoms in total. The summed E-state index contributed by atoms with van der Waals surface area (Å²) in [4.78, 5) is 0. The second kappa shape index (κ2) is 5.94. The molecule has 1 unspecified atom stereocenters. The maximum atomic E-state index is 5.27. The summed E-state index contributed by atoms with van der Waals surface area (Å²) in [7, 11) is -2.30. The summed E-state index contributed by atoms with van der Waals surface area (Å²) in [6.45, 7) is 23.1. The Labute approximate surface area is 134 Å². The summed E-state index contributed by atoms with van der Waals surface area (Å²) in [6, 6.07) is 0. The predicted octanol–water partition coefficient (Wildman–Crippen LogP) is 6.43. The maximum Gasteiger partial charge on any atom is 0.181 e. The van der Waals surface area contributed by atoms with E-state index in [0.717, 1.165) is 0 Å². The molecule has 0 aromatic carbocycles. The fourth-order valence-electron chi connectivity index (χ4n) is 3.12. The summed E-state index contributed by atoms with van der Waals surface area (Å²) in [6.07, 6.45) is 3.80. The van der Waals surface area contributed by atoms with Gasteiger partial charge in [0.2, 0.25) is 0 Å². The molecular weight excluding hydrogens is 293 g/mol. The van der Waals surface area contributed by atoms with Crippen molar-refractivity contribution in [3.8, 4) is 0 Å². The Morgan fingerprint density at radius 3 is 1.71 bits per heavy atom. The van der Waals surface area contributed by atoms with E-state index in [-0.39, 0.29) is 16.6 Å². The average Bonchev–Trinajstić information content (AvgIpc) is 2.07. The van der Waals surface area contributed by atoms with Gasteiger partial charge in [0.1, 0.15) is 7.66 Å². The van der Waals surface area contributed by atoms with Gasteiger partial charge >= 0.3 is 0 Å². The Balaban J connectivity index is 3.50. The van der Waals surface area contributed by atoms with E-state index in [1.807, 2.05) is 0 Å². The van der Waals surface area contributed by atoms with Crippen molar-refractivity contribution in [2.45, 2.75) is 104 Å². The average molecular weight is 330 g/mol. The third kappa shape index (κ3) is 5.65. The molecule has 0 aliphatic carbocycles. The zero-order valence-corrected chi connectivity index (χ0v) is 17.8. The minimum absolute atomic E-state index is 0.0293. The highest BCUT2D eigenvalue weighted by atomic mass is 31.1. The fourth-order valence-corrected chi connectivity index (χ4v) is 7.60. The second-order valence-corrected chi connectivity index (χ2v) is 15.9. The lowest BCUT2D eigenvalue weighted by molar-refractivity contribution is 0.0629. The van der Waals surface area contributed by atoms with E-state index in [1.54, 1.807) is 0 Å². The van der Waals surface area contributed by atoms with Crippen molar-refractivity contribution in [3.05, 3.63) is 0 Å². The van der Waals surface area contributed by atoms with E-state index in [0.29, 0.717) is 0 Å². The molecule has 0 saturated carbocycles. The molecule has 1 rings (SSSR count). The van der Waals surface area contributed by atoms with Crippen molar-refractivity contribution >= 4 is 15.9 Å². The second-order valence-electron chi connectivity index (χ2n) is 9.60. The summed E-state index contributed by atoms with van der Waals surface area (Å²) >= 11 is 0. The van der Waals surface area contributed by atoms with Crippen LogP contribution in [0.25, 0.3) is 0 Å². The van der Waals surface area contributed by atoms with Crippen LogP contribution in [0.5, 0.6) is 0 Å². The van der Waals surface area contributed by atoms with Gasteiger partial charge in [-0.15, -0.1) is 0 Å². The smallest absolute Gasteiger partial charge is 0.181 e. The molecule has 0 N–H and O–H groups in total. The van der Waals surface area contributed by atoms with Gasteiger partial charge in [-0.05, 0) is 87.4 Å².